The summed E-state index contributed by atoms with van der Waals surface area (Å²) in [6.07, 6.45) is 45.4. The quantitative estimate of drug-likeness (QED) is 0.0425. The van der Waals surface area contributed by atoms with Crippen LogP contribution in [0.4, 0.5) is 0 Å². The van der Waals surface area contributed by atoms with Gasteiger partial charge in [0.2, 0.25) is 0 Å². The van der Waals surface area contributed by atoms with E-state index in [9.17, 15) is 0 Å². The molecule has 0 heterocycles. The van der Waals surface area contributed by atoms with Gasteiger partial charge in [0, 0.05) is 25.7 Å². The number of nitrogens with zero attached hydrogens (tertiary/aromatic N) is 4. The lowest BCUT2D eigenvalue weighted by atomic mass is 9.90. The maximum atomic E-state index is 2.54. The van der Waals surface area contributed by atoms with Crippen LogP contribution in [-0.2, 0) is 0 Å². The Balaban J connectivity index is 4.22. The van der Waals surface area contributed by atoms with E-state index in [1.165, 1.54) is 254 Å². The fourth-order valence-electron chi connectivity index (χ4n) is 9.40. The molecule has 0 atom stereocenters. The van der Waals surface area contributed by atoms with Crippen LogP contribution in [0.15, 0.2) is 0 Å². The first kappa shape index (κ1) is 57.8. The summed E-state index contributed by atoms with van der Waals surface area (Å²) in [4.78, 5) is 0. The molecule has 0 saturated carbocycles. The van der Waals surface area contributed by atoms with Crippen molar-refractivity contribution >= 4 is 0 Å². The second-order valence-electron chi connectivity index (χ2n) is 23.6. The lowest BCUT2D eigenvalue weighted by molar-refractivity contribution is -0.941. The molecule has 58 heavy (non-hydrogen) atoms. The summed E-state index contributed by atoms with van der Waals surface area (Å²) in [5.74, 6) is 0. The molecule has 0 aliphatic heterocycles. The van der Waals surface area contributed by atoms with E-state index in [1.807, 2.05) is 0 Å². The Hall–Kier alpha value is -0.160. The molecule has 0 unspecified atom stereocenters. The smallest absolute Gasteiger partial charge is 0.0931 e. The largest absolute Gasteiger partial charge is 0.328 e. The highest BCUT2D eigenvalue weighted by molar-refractivity contribution is 4.72. The topological polar surface area (TPSA) is 0 Å². The minimum Gasteiger partial charge on any atom is -0.328 e. The molecule has 0 aromatic rings. The summed E-state index contributed by atoms with van der Waals surface area (Å²) in [7, 11) is 20.0. The van der Waals surface area contributed by atoms with Gasteiger partial charge in [0.1, 0.15) is 0 Å². The molecular formula is C54H118N4+4. The molecule has 0 radical (unpaired) electrons. The minimum atomic E-state index is 0.324. The summed E-state index contributed by atoms with van der Waals surface area (Å²) >= 11 is 0. The number of quaternary nitrogens is 4. The first-order valence-electron chi connectivity index (χ1n) is 26.5. The Morgan fingerprint density at radius 3 is 0.707 bits per heavy atom. The van der Waals surface area contributed by atoms with Crippen molar-refractivity contribution in [2.75, 3.05) is 95.6 Å². The lowest BCUT2D eigenvalue weighted by Crippen LogP contribution is -2.57. The maximum absolute atomic E-state index is 2.54. The highest BCUT2D eigenvalue weighted by Gasteiger charge is 2.38. The fourth-order valence-corrected chi connectivity index (χ4v) is 9.40. The van der Waals surface area contributed by atoms with Gasteiger partial charge in [-0.05, 0) is 79.1 Å². The summed E-state index contributed by atoms with van der Waals surface area (Å²) in [6.45, 7) is 22.8. The molecule has 0 N–H and O–H groups in total. The molecular weight excluding hydrogens is 705 g/mol. The van der Waals surface area contributed by atoms with Crippen molar-refractivity contribution in [3.8, 4) is 0 Å². The Morgan fingerprint density at radius 2 is 0.431 bits per heavy atom. The Labute approximate surface area is 370 Å². The van der Waals surface area contributed by atoms with Gasteiger partial charge < -0.3 is 17.9 Å². The van der Waals surface area contributed by atoms with Crippen molar-refractivity contribution in [3.05, 3.63) is 0 Å². The van der Waals surface area contributed by atoms with Gasteiger partial charge in [0.15, 0.2) is 0 Å². The predicted octanol–water partition coefficient (Wildman–Crippen LogP) is 15.4. The third kappa shape index (κ3) is 30.0. The summed E-state index contributed by atoms with van der Waals surface area (Å²) in [6, 6.07) is 0. The third-order valence-corrected chi connectivity index (χ3v) is 15.8. The number of rotatable bonds is 43. The summed E-state index contributed by atoms with van der Waals surface area (Å²) < 4.78 is 4.71. The molecule has 0 saturated heterocycles. The average molecular weight is 824 g/mol. The van der Waals surface area contributed by atoms with Crippen LogP contribution < -0.4 is 0 Å². The zero-order valence-corrected chi connectivity index (χ0v) is 43.7. The van der Waals surface area contributed by atoms with Gasteiger partial charge in [-0.25, -0.2) is 0 Å². The molecule has 0 aromatic heterocycles. The first-order chi connectivity index (χ1) is 27.2. The second kappa shape index (κ2) is 32.5. The molecule has 0 rings (SSSR count). The SMILES string of the molecule is CCCCCCCCCCCCCC[N+](C)(C)CCCCC(C)(C)[N+](C)(C)CCCCC(C)(C)[N+](C)(C)CCCC[N+](C)(C)CCCCCCCCCCCCCC. The van der Waals surface area contributed by atoms with E-state index in [1.54, 1.807) is 0 Å². The number of hydrogen-bond acceptors (Lipinski definition) is 0. The van der Waals surface area contributed by atoms with Crippen molar-refractivity contribution in [1.29, 1.82) is 0 Å². The van der Waals surface area contributed by atoms with Crippen molar-refractivity contribution < 1.29 is 17.9 Å². The van der Waals surface area contributed by atoms with E-state index >= 15 is 0 Å². The third-order valence-electron chi connectivity index (χ3n) is 15.8. The molecule has 0 fully saturated rings. The van der Waals surface area contributed by atoms with Crippen molar-refractivity contribution in [2.24, 2.45) is 0 Å². The van der Waals surface area contributed by atoms with E-state index in [-0.39, 0.29) is 0 Å². The Kier molecular flexibility index (Phi) is 32.4. The van der Waals surface area contributed by atoms with Crippen LogP contribution in [0.3, 0.4) is 0 Å². The van der Waals surface area contributed by atoms with E-state index in [4.69, 9.17) is 0 Å². The predicted molar refractivity (Wildman–Crippen MR) is 265 cm³/mol. The monoisotopic (exact) mass is 823 g/mol. The molecule has 4 nitrogen and oxygen atoms in total. The number of hydrogen-bond donors (Lipinski definition) is 0. The Morgan fingerprint density at radius 1 is 0.241 bits per heavy atom. The van der Waals surface area contributed by atoms with Gasteiger partial charge in [0.25, 0.3) is 0 Å². The summed E-state index contributed by atoms with van der Waals surface area (Å²) in [5.41, 5.74) is 0.654. The highest BCUT2D eigenvalue weighted by Crippen LogP contribution is 2.30. The van der Waals surface area contributed by atoms with Crippen LogP contribution in [0.25, 0.3) is 0 Å². The Bertz CT molecular complexity index is 842. The molecule has 0 amide bonds. The molecule has 0 aromatic carbocycles. The van der Waals surface area contributed by atoms with Gasteiger partial charge >= 0.3 is 0 Å². The molecule has 0 aliphatic rings. The fraction of sp³-hybridized carbons (Fsp3) is 1.00. The van der Waals surface area contributed by atoms with Crippen molar-refractivity contribution in [2.45, 2.75) is 258 Å². The van der Waals surface area contributed by atoms with Crippen LogP contribution in [0.1, 0.15) is 247 Å². The lowest BCUT2D eigenvalue weighted by Gasteiger charge is -2.46. The molecule has 350 valence electrons. The van der Waals surface area contributed by atoms with E-state index in [2.05, 4.69) is 97.9 Å². The summed E-state index contributed by atoms with van der Waals surface area (Å²) in [5, 5.41) is 0. The first-order valence-corrected chi connectivity index (χ1v) is 26.5. The standard InChI is InChI=1S/C54H118N4/c1-15-17-19-21-23-25-27-29-31-33-35-39-47-55(7,8)49-41-37-45-53(3,4)57(11,12)51-42-38-46-54(5,6)58(13,14)52-44-43-50-56(9,10)48-40-36-34-32-30-28-26-24-22-20-18-16-2/h15-52H2,1-14H3/q+4. The van der Waals surface area contributed by atoms with E-state index < -0.39 is 0 Å². The second-order valence-corrected chi connectivity index (χ2v) is 23.6. The molecule has 0 spiro atoms. The maximum Gasteiger partial charge on any atom is 0.0931 e. The van der Waals surface area contributed by atoms with Gasteiger partial charge in [-0.15, -0.1) is 0 Å². The van der Waals surface area contributed by atoms with E-state index in [0.717, 1.165) is 8.97 Å². The van der Waals surface area contributed by atoms with Crippen molar-refractivity contribution in [3.63, 3.8) is 0 Å². The van der Waals surface area contributed by atoms with Crippen LogP contribution in [-0.4, -0.2) is 125 Å². The van der Waals surface area contributed by atoms with Gasteiger partial charge in [-0.2, -0.15) is 0 Å². The van der Waals surface area contributed by atoms with Crippen LogP contribution >= 0.6 is 0 Å². The van der Waals surface area contributed by atoms with Gasteiger partial charge in [-0.1, -0.05) is 142 Å². The highest BCUT2D eigenvalue weighted by atomic mass is 15.4. The van der Waals surface area contributed by atoms with Crippen molar-refractivity contribution in [1.82, 2.24) is 0 Å². The zero-order valence-electron chi connectivity index (χ0n) is 43.7. The van der Waals surface area contributed by atoms with Gasteiger partial charge in [-0.3, -0.25) is 0 Å². The van der Waals surface area contributed by atoms with Crippen LogP contribution in [0.5, 0.6) is 0 Å². The molecule has 0 bridgehead atoms. The number of unbranched alkanes of at least 4 members (excludes halogenated alkanes) is 25. The zero-order chi connectivity index (χ0) is 43.9. The van der Waals surface area contributed by atoms with Crippen LogP contribution in [0.2, 0.25) is 0 Å². The van der Waals surface area contributed by atoms with E-state index in [0.29, 0.717) is 11.1 Å². The van der Waals surface area contributed by atoms with Crippen LogP contribution in [0, 0.1) is 0 Å². The average Bonchev–Trinajstić information content (AvgIpc) is 3.14. The minimum absolute atomic E-state index is 0.324. The normalized spacial score (nSPS) is 13.6. The van der Waals surface area contributed by atoms with Gasteiger partial charge in [0.05, 0.1) is 107 Å². The molecule has 0 aliphatic carbocycles. The molecule has 4 heteroatoms.